The summed E-state index contributed by atoms with van der Waals surface area (Å²) in [5.74, 6) is -0.375. The van der Waals surface area contributed by atoms with E-state index in [2.05, 4.69) is 20.5 Å². The molecule has 0 unspecified atom stereocenters. The molecule has 1 amide bonds. The van der Waals surface area contributed by atoms with E-state index in [0.29, 0.717) is 27.0 Å². The van der Waals surface area contributed by atoms with Crippen LogP contribution in [0.3, 0.4) is 0 Å². The SMILES string of the molecule is COCc1nnc(NC(=O)Cn2cnc3scc(-c4ccc(C)cc4)c3c2=O)s1. The van der Waals surface area contributed by atoms with Gasteiger partial charge in [0.05, 0.1) is 11.7 Å². The number of methoxy groups -OCH3 is 1. The summed E-state index contributed by atoms with van der Waals surface area (Å²) in [5, 5.41) is 13.9. The van der Waals surface area contributed by atoms with Crippen LogP contribution >= 0.6 is 22.7 Å². The molecule has 0 spiro atoms. The maximum absolute atomic E-state index is 13.0. The summed E-state index contributed by atoms with van der Waals surface area (Å²) in [6.07, 6.45) is 1.40. The topological polar surface area (TPSA) is 99.0 Å². The molecule has 1 N–H and O–H groups in total. The lowest BCUT2D eigenvalue weighted by molar-refractivity contribution is -0.116. The van der Waals surface area contributed by atoms with Crippen LogP contribution in [-0.4, -0.2) is 32.8 Å². The number of aromatic nitrogens is 4. The third kappa shape index (κ3) is 4.09. The lowest BCUT2D eigenvalue weighted by Crippen LogP contribution is -2.27. The number of ether oxygens (including phenoxy) is 1. The number of nitrogens with one attached hydrogen (secondary N) is 1. The number of anilines is 1. The van der Waals surface area contributed by atoms with Crippen molar-refractivity contribution in [2.24, 2.45) is 0 Å². The number of thiophene rings is 1. The molecule has 29 heavy (non-hydrogen) atoms. The van der Waals surface area contributed by atoms with Crippen LogP contribution in [-0.2, 0) is 22.7 Å². The molecule has 3 aromatic heterocycles. The van der Waals surface area contributed by atoms with Gasteiger partial charge in [-0.1, -0.05) is 41.2 Å². The van der Waals surface area contributed by atoms with Gasteiger partial charge in [-0.3, -0.25) is 19.5 Å². The minimum atomic E-state index is -0.375. The van der Waals surface area contributed by atoms with Crippen LogP contribution in [0.15, 0.2) is 40.8 Å². The van der Waals surface area contributed by atoms with E-state index in [0.717, 1.165) is 16.7 Å². The molecule has 3 heterocycles. The number of benzene rings is 1. The van der Waals surface area contributed by atoms with E-state index in [1.165, 1.54) is 33.6 Å². The van der Waals surface area contributed by atoms with E-state index in [9.17, 15) is 9.59 Å². The summed E-state index contributed by atoms with van der Waals surface area (Å²) in [4.78, 5) is 30.4. The molecule has 0 aliphatic heterocycles. The second-order valence-corrected chi connectivity index (χ2v) is 8.28. The van der Waals surface area contributed by atoms with Gasteiger partial charge in [0.1, 0.15) is 23.0 Å². The number of carbonyl (C=O) groups is 1. The Morgan fingerprint density at radius 2 is 2.03 bits per heavy atom. The summed E-state index contributed by atoms with van der Waals surface area (Å²) < 4.78 is 6.29. The molecule has 8 nitrogen and oxygen atoms in total. The fourth-order valence-corrected chi connectivity index (χ4v) is 4.46. The van der Waals surface area contributed by atoms with Crippen molar-refractivity contribution in [3.05, 3.63) is 56.9 Å². The van der Waals surface area contributed by atoms with Gasteiger partial charge in [-0.15, -0.1) is 21.5 Å². The Hall–Kier alpha value is -2.95. The van der Waals surface area contributed by atoms with Gasteiger partial charge >= 0.3 is 0 Å². The van der Waals surface area contributed by atoms with Crippen LogP contribution in [0.25, 0.3) is 21.3 Å². The van der Waals surface area contributed by atoms with E-state index in [1.807, 2.05) is 36.6 Å². The first-order valence-corrected chi connectivity index (χ1v) is 10.4. The van der Waals surface area contributed by atoms with Crippen LogP contribution in [0.4, 0.5) is 5.13 Å². The molecule has 0 saturated heterocycles. The largest absolute Gasteiger partial charge is 0.377 e. The summed E-state index contributed by atoms with van der Waals surface area (Å²) >= 11 is 2.64. The first kappa shape index (κ1) is 19.4. The fourth-order valence-electron chi connectivity index (χ4n) is 2.83. The second kappa shape index (κ2) is 8.19. The number of rotatable bonds is 6. The van der Waals surface area contributed by atoms with Gasteiger partial charge in [0, 0.05) is 18.1 Å². The minimum Gasteiger partial charge on any atom is -0.377 e. The Labute approximate surface area is 173 Å². The lowest BCUT2D eigenvalue weighted by atomic mass is 10.1. The molecular weight excluding hydrogens is 410 g/mol. The maximum atomic E-state index is 13.0. The van der Waals surface area contributed by atoms with Crippen molar-refractivity contribution in [1.82, 2.24) is 19.7 Å². The van der Waals surface area contributed by atoms with Crippen molar-refractivity contribution < 1.29 is 9.53 Å². The Balaban J connectivity index is 1.60. The fraction of sp³-hybridized carbons (Fsp3) is 0.211. The van der Waals surface area contributed by atoms with Gasteiger partial charge in [0.15, 0.2) is 0 Å². The van der Waals surface area contributed by atoms with Crippen molar-refractivity contribution in [3.63, 3.8) is 0 Å². The van der Waals surface area contributed by atoms with Crippen molar-refractivity contribution in [2.75, 3.05) is 12.4 Å². The van der Waals surface area contributed by atoms with Gasteiger partial charge in [-0.25, -0.2) is 4.98 Å². The Bertz CT molecular complexity index is 1230. The van der Waals surface area contributed by atoms with E-state index in [1.54, 1.807) is 7.11 Å². The van der Waals surface area contributed by atoms with Crippen molar-refractivity contribution in [1.29, 1.82) is 0 Å². The van der Waals surface area contributed by atoms with Crippen LogP contribution < -0.4 is 10.9 Å². The van der Waals surface area contributed by atoms with Crippen LogP contribution in [0, 0.1) is 6.92 Å². The van der Waals surface area contributed by atoms with Gasteiger partial charge < -0.3 is 4.74 Å². The highest BCUT2D eigenvalue weighted by Gasteiger charge is 2.15. The lowest BCUT2D eigenvalue weighted by Gasteiger charge is -2.06. The number of carbonyl (C=O) groups excluding carboxylic acids is 1. The molecule has 0 aliphatic carbocycles. The number of hydrogen-bond acceptors (Lipinski definition) is 8. The highest BCUT2D eigenvalue weighted by molar-refractivity contribution is 7.17. The zero-order valence-electron chi connectivity index (χ0n) is 15.7. The summed E-state index contributed by atoms with van der Waals surface area (Å²) in [6, 6.07) is 7.96. The molecule has 1 aromatic carbocycles. The molecule has 0 atom stereocenters. The summed E-state index contributed by atoms with van der Waals surface area (Å²) in [7, 11) is 1.56. The number of aryl methyl sites for hydroxylation is 1. The van der Waals surface area contributed by atoms with Gasteiger partial charge in [0.2, 0.25) is 11.0 Å². The average molecular weight is 428 g/mol. The van der Waals surface area contributed by atoms with Crippen molar-refractivity contribution in [2.45, 2.75) is 20.1 Å². The predicted molar refractivity (Wildman–Crippen MR) is 113 cm³/mol. The molecule has 0 radical (unpaired) electrons. The van der Waals surface area contributed by atoms with E-state index in [4.69, 9.17) is 4.74 Å². The van der Waals surface area contributed by atoms with Crippen LogP contribution in [0.1, 0.15) is 10.6 Å². The molecule has 0 fully saturated rings. The molecule has 148 valence electrons. The highest BCUT2D eigenvalue weighted by Crippen LogP contribution is 2.30. The molecule has 4 aromatic rings. The van der Waals surface area contributed by atoms with E-state index >= 15 is 0 Å². The minimum absolute atomic E-state index is 0.163. The smallest absolute Gasteiger partial charge is 0.263 e. The Morgan fingerprint density at radius 3 is 2.79 bits per heavy atom. The molecule has 0 saturated carbocycles. The predicted octanol–water partition coefficient (Wildman–Crippen LogP) is 3.07. The van der Waals surface area contributed by atoms with Gasteiger partial charge in [-0.05, 0) is 12.5 Å². The normalized spacial score (nSPS) is 11.1. The average Bonchev–Trinajstić information content (AvgIpc) is 3.32. The van der Waals surface area contributed by atoms with Gasteiger partial charge in [-0.2, -0.15) is 0 Å². The van der Waals surface area contributed by atoms with Crippen molar-refractivity contribution in [3.8, 4) is 11.1 Å². The molecule has 0 bridgehead atoms. The zero-order chi connectivity index (χ0) is 20.4. The zero-order valence-corrected chi connectivity index (χ0v) is 17.3. The second-order valence-electron chi connectivity index (χ2n) is 6.36. The molecular formula is C19H17N5O3S2. The van der Waals surface area contributed by atoms with Crippen molar-refractivity contribution >= 4 is 43.9 Å². The quantitative estimate of drug-likeness (QED) is 0.508. The highest BCUT2D eigenvalue weighted by atomic mass is 32.1. The van der Waals surface area contributed by atoms with E-state index in [-0.39, 0.29) is 18.0 Å². The molecule has 10 heteroatoms. The monoisotopic (exact) mass is 427 g/mol. The van der Waals surface area contributed by atoms with Crippen LogP contribution in [0.2, 0.25) is 0 Å². The van der Waals surface area contributed by atoms with E-state index < -0.39 is 0 Å². The van der Waals surface area contributed by atoms with Crippen LogP contribution in [0.5, 0.6) is 0 Å². The summed E-state index contributed by atoms with van der Waals surface area (Å²) in [6.45, 7) is 2.18. The first-order valence-electron chi connectivity index (χ1n) is 8.70. The Kier molecular flexibility index (Phi) is 5.47. The number of amides is 1. The third-order valence-electron chi connectivity index (χ3n) is 4.22. The summed E-state index contributed by atoms with van der Waals surface area (Å²) in [5.41, 5.74) is 2.67. The standard InChI is InChI=1S/C19H17N5O3S2/c1-11-3-5-12(6-4-11)13-9-28-17-16(13)18(26)24(10-20-17)7-14(25)21-19-23-22-15(29-19)8-27-2/h3-6,9-10H,7-8H2,1-2H3,(H,21,23,25). The molecule has 0 aliphatic rings. The first-order chi connectivity index (χ1) is 14.0. The number of hydrogen-bond donors (Lipinski definition) is 1. The third-order valence-corrected chi connectivity index (χ3v) is 5.92. The van der Waals surface area contributed by atoms with Gasteiger partial charge in [0.25, 0.3) is 5.56 Å². The molecule has 4 rings (SSSR count). The Morgan fingerprint density at radius 1 is 1.24 bits per heavy atom. The maximum Gasteiger partial charge on any atom is 0.263 e. The number of nitrogens with zero attached hydrogens (tertiary/aromatic N) is 4. The number of fused-ring (bicyclic) bond motifs is 1.